The molecule has 0 bridgehead atoms. The molecule has 0 saturated heterocycles. The first-order valence-corrected chi connectivity index (χ1v) is 5.72. The molecule has 3 nitrogen and oxygen atoms in total. The van der Waals surface area contributed by atoms with Crippen LogP contribution < -0.4 is 0 Å². The lowest BCUT2D eigenvalue weighted by molar-refractivity contribution is -0.137. The third kappa shape index (κ3) is 2.56. The number of rotatable bonds is 2. The Morgan fingerprint density at radius 3 is 2.61 bits per heavy atom. The van der Waals surface area contributed by atoms with E-state index in [0.29, 0.717) is 15.7 Å². The number of alkyl halides is 3. The van der Waals surface area contributed by atoms with Crippen molar-refractivity contribution in [2.45, 2.75) is 12.8 Å². The fourth-order valence-corrected chi connectivity index (χ4v) is 1.83. The Bertz CT molecular complexity index is 566. The molecule has 0 atom stereocenters. The van der Waals surface area contributed by atoms with Gasteiger partial charge in [0, 0.05) is 16.2 Å². The minimum atomic E-state index is -4.43. The highest BCUT2D eigenvalue weighted by atomic mass is 79.9. The van der Waals surface area contributed by atoms with Gasteiger partial charge in [-0.1, -0.05) is 22.0 Å². The molecule has 0 unspecified atom stereocenters. The van der Waals surface area contributed by atoms with Gasteiger partial charge in [-0.15, -0.1) is 0 Å². The van der Waals surface area contributed by atoms with Gasteiger partial charge in [0.05, 0.1) is 24.1 Å². The number of aliphatic hydroxyl groups excluding tert-OH is 1. The average molecular weight is 321 g/mol. The van der Waals surface area contributed by atoms with Crippen LogP contribution in [0.4, 0.5) is 13.2 Å². The van der Waals surface area contributed by atoms with Crippen molar-refractivity contribution < 1.29 is 18.3 Å². The van der Waals surface area contributed by atoms with Gasteiger partial charge in [0.1, 0.15) is 0 Å². The van der Waals surface area contributed by atoms with Gasteiger partial charge in [0.15, 0.2) is 0 Å². The molecule has 1 aromatic carbocycles. The third-order valence-electron chi connectivity index (χ3n) is 2.37. The molecule has 2 aromatic rings. The molecule has 0 radical (unpaired) electrons. The summed E-state index contributed by atoms with van der Waals surface area (Å²) in [4.78, 5) is 0. The normalized spacial score (nSPS) is 11.8. The fourth-order valence-electron chi connectivity index (χ4n) is 1.48. The highest BCUT2D eigenvalue weighted by Gasteiger charge is 2.32. The lowest BCUT2D eigenvalue weighted by atomic mass is 10.2. The third-order valence-corrected chi connectivity index (χ3v) is 2.87. The second kappa shape index (κ2) is 4.74. The molecule has 1 aromatic heterocycles. The second-order valence-electron chi connectivity index (χ2n) is 3.60. The van der Waals surface area contributed by atoms with Crippen LogP contribution in [-0.2, 0) is 12.8 Å². The van der Waals surface area contributed by atoms with Crippen molar-refractivity contribution in [1.29, 1.82) is 0 Å². The second-order valence-corrected chi connectivity index (χ2v) is 4.52. The molecule has 1 N–H and O–H groups in total. The van der Waals surface area contributed by atoms with Gasteiger partial charge >= 0.3 is 6.18 Å². The van der Waals surface area contributed by atoms with E-state index in [1.165, 1.54) is 0 Å². The van der Waals surface area contributed by atoms with E-state index < -0.39 is 11.7 Å². The summed E-state index contributed by atoms with van der Waals surface area (Å²) in [5, 5.41) is 12.8. The average Bonchev–Trinajstić information content (AvgIpc) is 2.77. The molecule has 18 heavy (non-hydrogen) atoms. The lowest BCUT2D eigenvalue weighted by Crippen LogP contribution is -2.04. The SMILES string of the molecule is OCc1ccc(Br)cc1-n1cc(C(F)(F)F)cn1. The van der Waals surface area contributed by atoms with Crippen molar-refractivity contribution in [1.82, 2.24) is 9.78 Å². The van der Waals surface area contributed by atoms with Gasteiger partial charge < -0.3 is 5.11 Å². The Balaban J connectivity index is 2.49. The van der Waals surface area contributed by atoms with Crippen molar-refractivity contribution in [2.24, 2.45) is 0 Å². The zero-order valence-corrected chi connectivity index (χ0v) is 10.5. The smallest absolute Gasteiger partial charge is 0.392 e. The van der Waals surface area contributed by atoms with Gasteiger partial charge in [-0.2, -0.15) is 18.3 Å². The van der Waals surface area contributed by atoms with Crippen molar-refractivity contribution in [3.05, 3.63) is 46.2 Å². The van der Waals surface area contributed by atoms with Crippen LogP contribution in [0.15, 0.2) is 35.1 Å². The van der Waals surface area contributed by atoms with E-state index in [9.17, 15) is 13.2 Å². The van der Waals surface area contributed by atoms with Crippen LogP contribution >= 0.6 is 15.9 Å². The number of aromatic nitrogens is 2. The Kier molecular flexibility index (Phi) is 3.45. The van der Waals surface area contributed by atoms with Crippen molar-refractivity contribution in [3.8, 4) is 5.69 Å². The maximum absolute atomic E-state index is 12.5. The molecule has 0 aliphatic carbocycles. The van der Waals surface area contributed by atoms with Crippen LogP contribution in [-0.4, -0.2) is 14.9 Å². The molecule has 0 aliphatic rings. The van der Waals surface area contributed by atoms with E-state index in [2.05, 4.69) is 21.0 Å². The zero-order valence-electron chi connectivity index (χ0n) is 8.95. The van der Waals surface area contributed by atoms with Crippen LogP contribution in [0, 0.1) is 0 Å². The van der Waals surface area contributed by atoms with E-state index in [1.54, 1.807) is 18.2 Å². The predicted molar refractivity (Wildman–Crippen MR) is 62.2 cm³/mol. The molecule has 0 fully saturated rings. The summed E-state index contributed by atoms with van der Waals surface area (Å²) in [6, 6.07) is 4.91. The van der Waals surface area contributed by atoms with Crippen LogP contribution in [0.1, 0.15) is 11.1 Å². The van der Waals surface area contributed by atoms with Crippen LogP contribution in [0.25, 0.3) is 5.69 Å². The molecular formula is C11H8BrF3N2O. The summed E-state index contributed by atoms with van der Waals surface area (Å²) in [5.41, 5.74) is 0.0729. The highest BCUT2D eigenvalue weighted by Crippen LogP contribution is 2.30. The molecular weight excluding hydrogens is 313 g/mol. The first kappa shape index (κ1) is 13.1. The first-order chi connectivity index (χ1) is 8.41. The van der Waals surface area contributed by atoms with Gasteiger partial charge in [0.25, 0.3) is 0 Å². The molecule has 96 valence electrons. The Hall–Kier alpha value is -1.34. The Morgan fingerprint density at radius 2 is 2.06 bits per heavy atom. The fraction of sp³-hybridized carbons (Fsp3) is 0.182. The number of hydrogen-bond donors (Lipinski definition) is 1. The maximum Gasteiger partial charge on any atom is 0.419 e. The minimum absolute atomic E-state index is 0.274. The molecule has 2 rings (SSSR count). The number of halogens is 4. The lowest BCUT2D eigenvalue weighted by Gasteiger charge is -2.08. The van der Waals surface area contributed by atoms with Crippen molar-refractivity contribution >= 4 is 15.9 Å². The van der Waals surface area contributed by atoms with Crippen LogP contribution in [0.5, 0.6) is 0 Å². The number of benzene rings is 1. The van der Waals surface area contributed by atoms with Crippen molar-refractivity contribution in [3.63, 3.8) is 0 Å². The van der Waals surface area contributed by atoms with E-state index >= 15 is 0 Å². The van der Waals surface area contributed by atoms with Crippen molar-refractivity contribution in [2.75, 3.05) is 0 Å². The number of aliphatic hydroxyl groups is 1. The topological polar surface area (TPSA) is 38.0 Å². The molecule has 1 heterocycles. The van der Waals surface area contributed by atoms with Gasteiger partial charge in [-0.05, 0) is 12.1 Å². The Morgan fingerprint density at radius 1 is 1.33 bits per heavy atom. The molecule has 7 heteroatoms. The molecule has 0 aliphatic heterocycles. The molecule has 0 spiro atoms. The highest BCUT2D eigenvalue weighted by molar-refractivity contribution is 9.10. The maximum atomic E-state index is 12.5. The largest absolute Gasteiger partial charge is 0.419 e. The van der Waals surface area contributed by atoms with E-state index in [4.69, 9.17) is 5.11 Å². The quantitative estimate of drug-likeness (QED) is 0.923. The summed E-state index contributed by atoms with van der Waals surface area (Å²) < 4.78 is 39.2. The summed E-state index contributed by atoms with van der Waals surface area (Å²) >= 11 is 3.22. The predicted octanol–water partition coefficient (Wildman–Crippen LogP) is 3.15. The van der Waals surface area contributed by atoms with Gasteiger partial charge in [0.2, 0.25) is 0 Å². The zero-order chi connectivity index (χ0) is 13.3. The van der Waals surface area contributed by atoms with E-state index in [-0.39, 0.29) is 6.61 Å². The first-order valence-electron chi connectivity index (χ1n) is 4.93. The molecule has 0 saturated carbocycles. The summed E-state index contributed by atoms with van der Waals surface area (Å²) in [5.74, 6) is 0. The van der Waals surface area contributed by atoms with Crippen LogP contribution in [0.3, 0.4) is 0 Å². The minimum Gasteiger partial charge on any atom is -0.392 e. The standard InChI is InChI=1S/C11H8BrF3N2O/c12-9-2-1-7(6-18)10(3-9)17-5-8(4-16-17)11(13,14)15/h1-5,18H,6H2. The van der Waals surface area contributed by atoms with Gasteiger partial charge in [-0.25, -0.2) is 4.68 Å². The summed E-state index contributed by atoms with van der Waals surface area (Å²) in [6.07, 6.45) is -2.79. The summed E-state index contributed by atoms with van der Waals surface area (Å²) in [7, 11) is 0. The summed E-state index contributed by atoms with van der Waals surface area (Å²) in [6.45, 7) is -0.274. The monoisotopic (exact) mass is 320 g/mol. The number of nitrogens with zero attached hydrogens (tertiary/aromatic N) is 2. The van der Waals surface area contributed by atoms with Crippen LogP contribution in [0.2, 0.25) is 0 Å². The van der Waals surface area contributed by atoms with E-state index in [1.807, 2.05) is 0 Å². The molecule has 0 amide bonds. The van der Waals surface area contributed by atoms with Gasteiger partial charge in [-0.3, -0.25) is 0 Å². The number of hydrogen-bond acceptors (Lipinski definition) is 2. The Labute approximate surface area is 109 Å². The van der Waals surface area contributed by atoms with E-state index in [0.717, 1.165) is 17.1 Å².